The van der Waals surface area contributed by atoms with Crippen LogP contribution in [0.3, 0.4) is 0 Å². The normalized spacial score (nSPS) is 22.2. The average Bonchev–Trinajstić information content (AvgIpc) is 2.81. The van der Waals surface area contributed by atoms with Crippen molar-refractivity contribution in [3.8, 4) is 0 Å². The molecule has 1 aliphatic rings. The summed E-state index contributed by atoms with van der Waals surface area (Å²) in [6.07, 6.45) is 3.60. The van der Waals surface area contributed by atoms with Crippen LogP contribution >= 0.6 is 27.7 Å². The molecule has 16 heavy (non-hydrogen) atoms. The highest BCUT2D eigenvalue weighted by atomic mass is 79.9. The van der Waals surface area contributed by atoms with Crippen LogP contribution in [0.25, 0.3) is 0 Å². The first-order valence-corrected chi connectivity index (χ1v) is 7.46. The third-order valence-electron chi connectivity index (χ3n) is 3.03. The maximum atomic E-state index is 5.67. The second-order valence-corrected chi connectivity index (χ2v) is 6.32. The molecule has 0 radical (unpaired) electrons. The van der Waals surface area contributed by atoms with Crippen LogP contribution in [0.1, 0.15) is 18.4 Å². The van der Waals surface area contributed by atoms with Gasteiger partial charge < -0.3 is 0 Å². The number of halogens is 1. The van der Waals surface area contributed by atoms with Crippen molar-refractivity contribution in [2.24, 2.45) is 5.84 Å². The first kappa shape index (κ1) is 12.4. The summed E-state index contributed by atoms with van der Waals surface area (Å²) in [5, 5.41) is 0.664. The van der Waals surface area contributed by atoms with Gasteiger partial charge in [0.25, 0.3) is 0 Å². The summed E-state index contributed by atoms with van der Waals surface area (Å²) in [6.45, 7) is 0. The molecule has 0 saturated carbocycles. The van der Waals surface area contributed by atoms with Gasteiger partial charge in [-0.15, -0.1) is 0 Å². The van der Waals surface area contributed by atoms with Gasteiger partial charge in [0, 0.05) is 15.8 Å². The average molecular weight is 301 g/mol. The van der Waals surface area contributed by atoms with Crippen molar-refractivity contribution in [1.29, 1.82) is 0 Å². The van der Waals surface area contributed by atoms with E-state index in [1.165, 1.54) is 28.6 Å². The van der Waals surface area contributed by atoms with E-state index in [4.69, 9.17) is 5.84 Å². The van der Waals surface area contributed by atoms with E-state index in [9.17, 15) is 0 Å². The molecule has 1 aromatic carbocycles. The molecule has 2 rings (SSSR count). The summed E-state index contributed by atoms with van der Waals surface area (Å²) < 4.78 is 1.18. The molecule has 1 heterocycles. The summed E-state index contributed by atoms with van der Waals surface area (Å²) in [7, 11) is 0. The number of thioether (sulfide) groups is 1. The fourth-order valence-corrected chi connectivity index (χ4v) is 3.94. The molecule has 1 fully saturated rings. The van der Waals surface area contributed by atoms with Crippen molar-refractivity contribution in [2.45, 2.75) is 30.6 Å². The number of rotatable bonds is 4. The first-order chi connectivity index (χ1) is 7.81. The van der Waals surface area contributed by atoms with E-state index in [1.807, 2.05) is 17.8 Å². The molecule has 0 aliphatic carbocycles. The van der Waals surface area contributed by atoms with E-state index < -0.39 is 0 Å². The van der Waals surface area contributed by atoms with E-state index in [2.05, 4.69) is 39.6 Å². The van der Waals surface area contributed by atoms with E-state index in [0.29, 0.717) is 11.3 Å². The van der Waals surface area contributed by atoms with Gasteiger partial charge in [-0.25, -0.2) is 0 Å². The largest absolute Gasteiger partial charge is 0.271 e. The van der Waals surface area contributed by atoms with Crippen LogP contribution in [0.4, 0.5) is 0 Å². The van der Waals surface area contributed by atoms with Gasteiger partial charge in [-0.2, -0.15) is 11.8 Å². The molecule has 2 atom stereocenters. The zero-order valence-electron chi connectivity index (χ0n) is 9.16. The van der Waals surface area contributed by atoms with Crippen LogP contribution in [0.5, 0.6) is 0 Å². The number of hydrazine groups is 1. The highest BCUT2D eigenvalue weighted by Crippen LogP contribution is 2.30. The zero-order chi connectivity index (χ0) is 11.4. The Bertz CT molecular complexity index is 340. The topological polar surface area (TPSA) is 38.0 Å². The summed E-state index contributed by atoms with van der Waals surface area (Å²) in [5.74, 6) is 6.95. The monoisotopic (exact) mass is 300 g/mol. The van der Waals surface area contributed by atoms with Gasteiger partial charge >= 0.3 is 0 Å². The number of nitrogens with two attached hydrogens (primary N) is 1. The number of hydrogen-bond acceptors (Lipinski definition) is 3. The molecule has 0 aromatic heterocycles. The van der Waals surface area contributed by atoms with Crippen molar-refractivity contribution in [2.75, 3.05) is 5.75 Å². The van der Waals surface area contributed by atoms with Crippen LogP contribution in [-0.2, 0) is 6.42 Å². The van der Waals surface area contributed by atoms with Crippen LogP contribution in [-0.4, -0.2) is 17.0 Å². The van der Waals surface area contributed by atoms with Crippen LogP contribution < -0.4 is 11.3 Å². The fourth-order valence-electron chi connectivity index (χ4n) is 2.12. The highest BCUT2D eigenvalue weighted by molar-refractivity contribution is 9.10. The lowest BCUT2D eigenvalue weighted by molar-refractivity contribution is 0.495. The lowest BCUT2D eigenvalue weighted by atomic mass is 10.0. The number of benzene rings is 1. The van der Waals surface area contributed by atoms with Crippen molar-refractivity contribution in [3.63, 3.8) is 0 Å². The molecule has 0 amide bonds. The second kappa shape index (κ2) is 6.05. The van der Waals surface area contributed by atoms with Gasteiger partial charge in [0.15, 0.2) is 0 Å². The summed E-state index contributed by atoms with van der Waals surface area (Å²) in [4.78, 5) is 0. The van der Waals surface area contributed by atoms with E-state index in [0.717, 1.165) is 6.42 Å². The molecule has 1 saturated heterocycles. The van der Waals surface area contributed by atoms with Crippen LogP contribution in [0.15, 0.2) is 28.7 Å². The van der Waals surface area contributed by atoms with E-state index in [-0.39, 0.29) is 0 Å². The third kappa shape index (κ3) is 3.00. The van der Waals surface area contributed by atoms with Gasteiger partial charge in [-0.3, -0.25) is 11.3 Å². The lowest BCUT2D eigenvalue weighted by Gasteiger charge is -2.22. The molecular weight excluding hydrogens is 284 g/mol. The Balaban J connectivity index is 2.03. The maximum Gasteiger partial charge on any atom is 0.0370 e. The van der Waals surface area contributed by atoms with Gasteiger partial charge in [0.05, 0.1) is 0 Å². The summed E-state index contributed by atoms with van der Waals surface area (Å²) in [5.41, 5.74) is 4.31. The van der Waals surface area contributed by atoms with Crippen molar-refractivity contribution < 1.29 is 0 Å². The lowest BCUT2D eigenvalue weighted by Crippen LogP contribution is -2.43. The van der Waals surface area contributed by atoms with E-state index in [1.54, 1.807) is 0 Å². The maximum absolute atomic E-state index is 5.67. The van der Waals surface area contributed by atoms with Gasteiger partial charge in [0.1, 0.15) is 0 Å². The Hall–Kier alpha value is -0.0300. The van der Waals surface area contributed by atoms with Crippen molar-refractivity contribution >= 4 is 27.7 Å². The van der Waals surface area contributed by atoms with Gasteiger partial charge in [0.2, 0.25) is 0 Å². The van der Waals surface area contributed by atoms with Crippen molar-refractivity contribution in [1.82, 2.24) is 5.43 Å². The van der Waals surface area contributed by atoms with Gasteiger partial charge in [-0.1, -0.05) is 34.1 Å². The smallest absolute Gasteiger partial charge is 0.0370 e. The minimum atomic E-state index is 0.381. The minimum Gasteiger partial charge on any atom is -0.271 e. The highest BCUT2D eigenvalue weighted by Gasteiger charge is 2.25. The Kier molecular flexibility index (Phi) is 4.70. The molecule has 3 N–H and O–H groups in total. The Morgan fingerprint density at radius 1 is 1.50 bits per heavy atom. The van der Waals surface area contributed by atoms with Crippen LogP contribution in [0, 0.1) is 0 Å². The van der Waals surface area contributed by atoms with Gasteiger partial charge in [-0.05, 0) is 36.6 Å². The molecule has 1 aromatic rings. The SMILES string of the molecule is NNC(Cc1ccccc1Br)C1CCCS1. The molecule has 0 bridgehead atoms. The molecule has 0 spiro atoms. The first-order valence-electron chi connectivity index (χ1n) is 5.62. The standard InChI is InChI=1S/C12H17BrN2S/c13-10-5-2-1-4-9(10)8-11(15-14)12-6-3-7-16-12/h1-2,4-5,11-12,15H,3,6-8,14H2. The Labute approximate surface area is 109 Å². The molecule has 2 nitrogen and oxygen atoms in total. The van der Waals surface area contributed by atoms with Crippen LogP contribution in [0.2, 0.25) is 0 Å². The Morgan fingerprint density at radius 2 is 2.31 bits per heavy atom. The minimum absolute atomic E-state index is 0.381. The third-order valence-corrected chi connectivity index (χ3v) is 5.32. The Morgan fingerprint density at radius 3 is 2.94 bits per heavy atom. The molecule has 1 aliphatic heterocycles. The molecular formula is C12H17BrN2S. The predicted octanol–water partition coefficient (Wildman–Crippen LogP) is 2.72. The van der Waals surface area contributed by atoms with Crippen molar-refractivity contribution in [3.05, 3.63) is 34.3 Å². The molecule has 88 valence electrons. The quantitative estimate of drug-likeness (QED) is 0.663. The fraction of sp³-hybridized carbons (Fsp3) is 0.500. The summed E-state index contributed by atoms with van der Waals surface area (Å²) in [6, 6.07) is 8.75. The summed E-state index contributed by atoms with van der Waals surface area (Å²) >= 11 is 5.63. The molecule has 4 heteroatoms. The predicted molar refractivity (Wildman–Crippen MR) is 74.4 cm³/mol. The molecule has 2 unspecified atom stereocenters. The van der Waals surface area contributed by atoms with E-state index >= 15 is 0 Å². The number of hydrogen-bond donors (Lipinski definition) is 2. The second-order valence-electron chi connectivity index (χ2n) is 4.12. The zero-order valence-corrected chi connectivity index (χ0v) is 11.6. The number of nitrogens with one attached hydrogen (secondary N) is 1.